The highest BCUT2D eigenvalue weighted by Crippen LogP contribution is 2.26. The maximum Gasteiger partial charge on any atom is 0.261 e. The average molecular weight is 438 g/mol. The number of fused-ring (bicyclic) bond motifs is 1. The Kier molecular flexibility index (Phi) is 6.73. The van der Waals surface area contributed by atoms with E-state index in [0.717, 1.165) is 23.0 Å². The van der Waals surface area contributed by atoms with Gasteiger partial charge in [-0.1, -0.05) is 23.9 Å². The molecule has 0 unspecified atom stereocenters. The number of nitrogens with zero attached hydrogens (tertiary/aromatic N) is 5. The molecule has 3 heterocycles. The Balaban J connectivity index is 1.45. The highest BCUT2D eigenvalue weighted by atomic mass is 32.2. The molecule has 9 heteroatoms. The molecular formula is C22H23N5O3S. The monoisotopic (exact) mass is 437 g/mol. The number of ether oxygens (including phenoxy) is 1. The molecule has 0 N–H and O–H groups in total. The average Bonchev–Trinajstić information content (AvgIpc) is 3.32. The summed E-state index contributed by atoms with van der Waals surface area (Å²) in [5.74, 6) is 0.821. The van der Waals surface area contributed by atoms with Crippen molar-refractivity contribution in [2.24, 2.45) is 0 Å². The van der Waals surface area contributed by atoms with Crippen LogP contribution in [0.4, 0.5) is 0 Å². The molecule has 8 nitrogen and oxygen atoms in total. The van der Waals surface area contributed by atoms with Crippen LogP contribution in [0.15, 0.2) is 53.9 Å². The van der Waals surface area contributed by atoms with Crippen LogP contribution >= 0.6 is 11.8 Å². The lowest BCUT2D eigenvalue weighted by Crippen LogP contribution is -2.31. The van der Waals surface area contributed by atoms with Crippen LogP contribution in [0, 0.1) is 0 Å². The summed E-state index contributed by atoms with van der Waals surface area (Å²) in [5, 5.41) is 9.48. The largest absolute Gasteiger partial charge is 0.382 e. The summed E-state index contributed by atoms with van der Waals surface area (Å²) in [6, 6.07) is 10.7. The highest BCUT2D eigenvalue weighted by molar-refractivity contribution is 7.99. The van der Waals surface area contributed by atoms with Crippen LogP contribution in [0.1, 0.15) is 34.1 Å². The second-order valence-electron chi connectivity index (χ2n) is 6.90. The van der Waals surface area contributed by atoms with Crippen LogP contribution in [-0.4, -0.2) is 62.0 Å². The number of amides is 2. The minimum Gasteiger partial charge on any atom is -0.382 e. The standard InChI is InChI=1S/C22H23N5O3S/c1-2-30-14-5-12-26-19(16-8-10-23-11-9-16)24-25-22(26)31-15-13-27-20(28)17-6-3-4-7-18(17)21(27)29/h3-4,6-11H,2,5,12-15H2,1H3. The molecule has 0 saturated heterocycles. The summed E-state index contributed by atoms with van der Waals surface area (Å²) in [5.41, 5.74) is 1.87. The van der Waals surface area contributed by atoms with Crippen molar-refractivity contribution in [3.8, 4) is 11.4 Å². The van der Waals surface area contributed by atoms with Crippen molar-refractivity contribution < 1.29 is 14.3 Å². The number of benzene rings is 1. The van der Waals surface area contributed by atoms with E-state index < -0.39 is 0 Å². The van der Waals surface area contributed by atoms with Gasteiger partial charge in [0.05, 0.1) is 11.1 Å². The van der Waals surface area contributed by atoms with Gasteiger partial charge in [0.15, 0.2) is 11.0 Å². The van der Waals surface area contributed by atoms with Crippen LogP contribution in [0.5, 0.6) is 0 Å². The fourth-order valence-corrected chi connectivity index (χ4v) is 4.34. The third-order valence-electron chi connectivity index (χ3n) is 4.95. The van der Waals surface area contributed by atoms with Gasteiger partial charge < -0.3 is 9.30 Å². The second-order valence-corrected chi connectivity index (χ2v) is 7.96. The summed E-state index contributed by atoms with van der Waals surface area (Å²) in [7, 11) is 0. The van der Waals surface area contributed by atoms with Crippen LogP contribution in [0.2, 0.25) is 0 Å². The first-order chi connectivity index (χ1) is 15.2. The van der Waals surface area contributed by atoms with E-state index in [1.54, 1.807) is 36.7 Å². The predicted molar refractivity (Wildman–Crippen MR) is 117 cm³/mol. The summed E-state index contributed by atoms with van der Waals surface area (Å²) in [6.45, 7) is 4.33. The zero-order valence-corrected chi connectivity index (χ0v) is 18.0. The molecule has 4 rings (SSSR count). The lowest BCUT2D eigenvalue weighted by atomic mass is 10.1. The molecule has 1 aromatic carbocycles. The minimum absolute atomic E-state index is 0.239. The quantitative estimate of drug-likeness (QED) is 0.273. The number of carbonyl (C=O) groups is 2. The normalized spacial score (nSPS) is 13.1. The van der Waals surface area contributed by atoms with Crippen molar-refractivity contribution in [1.29, 1.82) is 0 Å². The van der Waals surface area contributed by atoms with E-state index in [-0.39, 0.29) is 11.8 Å². The molecule has 0 saturated carbocycles. The molecule has 2 aromatic heterocycles. The van der Waals surface area contributed by atoms with Crippen molar-refractivity contribution >= 4 is 23.6 Å². The van der Waals surface area contributed by atoms with Gasteiger partial charge in [-0.25, -0.2) is 0 Å². The van der Waals surface area contributed by atoms with Gasteiger partial charge in [0.25, 0.3) is 11.8 Å². The van der Waals surface area contributed by atoms with E-state index in [4.69, 9.17) is 4.74 Å². The molecule has 0 bridgehead atoms. The van der Waals surface area contributed by atoms with E-state index >= 15 is 0 Å². The molecule has 160 valence electrons. The van der Waals surface area contributed by atoms with Crippen molar-refractivity contribution in [2.45, 2.75) is 25.0 Å². The Morgan fingerprint density at radius 3 is 2.35 bits per heavy atom. The SMILES string of the molecule is CCOCCCn1c(SCCN2C(=O)c3ccccc3C2=O)nnc1-c1ccncc1. The Morgan fingerprint density at radius 1 is 0.968 bits per heavy atom. The molecule has 2 amide bonds. The number of carbonyl (C=O) groups excluding carboxylic acids is 2. The van der Waals surface area contributed by atoms with Gasteiger partial charge >= 0.3 is 0 Å². The molecule has 0 fully saturated rings. The fourth-order valence-electron chi connectivity index (χ4n) is 3.45. The van der Waals surface area contributed by atoms with Crippen LogP contribution in [0.3, 0.4) is 0 Å². The topological polar surface area (TPSA) is 90.2 Å². The van der Waals surface area contributed by atoms with Crippen molar-refractivity contribution in [2.75, 3.05) is 25.5 Å². The van der Waals surface area contributed by atoms with E-state index in [9.17, 15) is 9.59 Å². The number of hydrogen-bond acceptors (Lipinski definition) is 7. The third kappa shape index (κ3) is 4.52. The van der Waals surface area contributed by atoms with Crippen molar-refractivity contribution in [3.05, 3.63) is 59.9 Å². The van der Waals surface area contributed by atoms with Crippen molar-refractivity contribution in [1.82, 2.24) is 24.6 Å². The van der Waals surface area contributed by atoms with Crippen LogP contribution in [-0.2, 0) is 11.3 Å². The highest BCUT2D eigenvalue weighted by Gasteiger charge is 2.34. The van der Waals surface area contributed by atoms with E-state index in [2.05, 4.69) is 19.7 Å². The van der Waals surface area contributed by atoms with Gasteiger partial charge in [-0.3, -0.25) is 19.5 Å². The minimum atomic E-state index is -0.239. The van der Waals surface area contributed by atoms with Gasteiger partial charge in [-0.2, -0.15) is 0 Å². The summed E-state index contributed by atoms with van der Waals surface area (Å²) in [6.07, 6.45) is 4.28. The van der Waals surface area contributed by atoms with E-state index in [0.29, 0.717) is 43.2 Å². The zero-order chi connectivity index (χ0) is 21.6. The van der Waals surface area contributed by atoms with E-state index in [1.165, 1.54) is 16.7 Å². The van der Waals surface area contributed by atoms with Crippen LogP contribution in [0.25, 0.3) is 11.4 Å². The Morgan fingerprint density at radius 2 is 1.68 bits per heavy atom. The molecule has 31 heavy (non-hydrogen) atoms. The van der Waals surface area contributed by atoms with Crippen molar-refractivity contribution in [3.63, 3.8) is 0 Å². The second kappa shape index (κ2) is 9.84. The molecule has 0 spiro atoms. The fraction of sp³-hybridized carbons (Fsp3) is 0.318. The third-order valence-corrected chi connectivity index (χ3v) is 5.90. The Hall–Kier alpha value is -3.04. The van der Waals surface area contributed by atoms with Gasteiger partial charge in [0.2, 0.25) is 0 Å². The number of thioether (sulfide) groups is 1. The maximum absolute atomic E-state index is 12.6. The lowest BCUT2D eigenvalue weighted by molar-refractivity contribution is 0.0664. The molecule has 1 aliphatic heterocycles. The predicted octanol–water partition coefficient (Wildman–Crippen LogP) is 3.16. The maximum atomic E-state index is 12.6. The number of imide groups is 1. The first-order valence-electron chi connectivity index (χ1n) is 10.2. The van der Waals surface area contributed by atoms with Gasteiger partial charge in [-0.15, -0.1) is 10.2 Å². The molecule has 1 aliphatic rings. The lowest BCUT2D eigenvalue weighted by Gasteiger charge is -2.14. The summed E-state index contributed by atoms with van der Waals surface area (Å²) in [4.78, 5) is 30.5. The molecule has 3 aromatic rings. The van der Waals surface area contributed by atoms with E-state index in [1.807, 2.05) is 19.1 Å². The number of hydrogen-bond donors (Lipinski definition) is 0. The summed E-state index contributed by atoms with van der Waals surface area (Å²) >= 11 is 1.48. The van der Waals surface area contributed by atoms with Gasteiger partial charge in [0, 0.05) is 50.0 Å². The molecule has 0 atom stereocenters. The number of rotatable bonds is 10. The molecular weight excluding hydrogens is 414 g/mol. The van der Waals surface area contributed by atoms with Gasteiger partial charge in [-0.05, 0) is 37.6 Å². The van der Waals surface area contributed by atoms with Gasteiger partial charge in [0.1, 0.15) is 0 Å². The summed E-state index contributed by atoms with van der Waals surface area (Å²) < 4.78 is 7.52. The molecule has 0 radical (unpaired) electrons. The smallest absolute Gasteiger partial charge is 0.261 e. The zero-order valence-electron chi connectivity index (χ0n) is 17.2. The first kappa shape index (κ1) is 21.2. The first-order valence-corrected chi connectivity index (χ1v) is 11.2. The van der Waals surface area contributed by atoms with Crippen LogP contribution < -0.4 is 0 Å². The number of aromatic nitrogens is 4. The molecule has 0 aliphatic carbocycles. The number of pyridine rings is 1. The Labute approximate surface area is 184 Å². The Bertz CT molecular complexity index is 1040.